The molecular formula is C20H16ClF3N2O4S. The van der Waals surface area contributed by atoms with Crippen LogP contribution in [0.15, 0.2) is 41.8 Å². The molecule has 31 heavy (non-hydrogen) atoms. The topological polar surface area (TPSA) is 69.7 Å². The maximum absolute atomic E-state index is 12.7. The van der Waals surface area contributed by atoms with E-state index in [4.69, 9.17) is 25.8 Å². The van der Waals surface area contributed by atoms with Crippen molar-refractivity contribution < 1.29 is 32.2 Å². The molecule has 0 bridgehead atoms. The first-order chi connectivity index (χ1) is 14.7. The molecule has 1 heterocycles. The molecule has 0 radical (unpaired) electrons. The van der Waals surface area contributed by atoms with Gasteiger partial charge in [0.25, 0.3) is 5.91 Å². The molecule has 0 aliphatic rings. The molecule has 0 saturated carbocycles. The van der Waals surface area contributed by atoms with Gasteiger partial charge in [0, 0.05) is 10.4 Å². The number of nitrogens with one attached hydrogen (secondary N) is 1. The van der Waals surface area contributed by atoms with Crippen molar-refractivity contribution in [1.82, 2.24) is 4.98 Å². The highest BCUT2D eigenvalue weighted by Gasteiger charge is 2.29. The molecule has 3 aromatic rings. The van der Waals surface area contributed by atoms with Gasteiger partial charge in [-0.25, -0.2) is 4.98 Å². The number of ether oxygens (including phenoxy) is 3. The quantitative estimate of drug-likeness (QED) is 0.479. The Morgan fingerprint density at radius 3 is 2.61 bits per heavy atom. The van der Waals surface area contributed by atoms with Crippen molar-refractivity contribution in [2.75, 3.05) is 26.1 Å². The van der Waals surface area contributed by atoms with Crippen molar-refractivity contribution in [2.45, 2.75) is 6.18 Å². The van der Waals surface area contributed by atoms with Gasteiger partial charge in [0.2, 0.25) is 0 Å². The molecule has 0 saturated heterocycles. The third-order valence-electron chi connectivity index (χ3n) is 3.95. The molecule has 0 fully saturated rings. The Labute approximate surface area is 184 Å². The van der Waals surface area contributed by atoms with Crippen LogP contribution in [0.5, 0.6) is 17.2 Å². The van der Waals surface area contributed by atoms with E-state index in [-0.39, 0.29) is 22.2 Å². The zero-order valence-corrected chi connectivity index (χ0v) is 17.8. The zero-order valence-electron chi connectivity index (χ0n) is 16.2. The Balaban J connectivity index is 1.84. The average Bonchev–Trinajstić information content (AvgIpc) is 3.22. The number of anilines is 1. The molecule has 0 atom stereocenters. The van der Waals surface area contributed by atoms with E-state index in [1.54, 1.807) is 18.2 Å². The number of rotatable bonds is 7. The van der Waals surface area contributed by atoms with Crippen LogP contribution in [0.25, 0.3) is 10.6 Å². The Morgan fingerprint density at radius 2 is 1.94 bits per heavy atom. The van der Waals surface area contributed by atoms with Gasteiger partial charge in [0.05, 0.1) is 25.5 Å². The third-order valence-corrected chi connectivity index (χ3v) is 5.06. The molecule has 0 aliphatic heterocycles. The van der Waals surface area contributed by atoms with Crippen LogP contribution >= 0.6 is 22.9 Å². The summed E-state index contributed by atoms with van der Waals surface area (Å²) >= 11 is 7.11. The molecule has 1 N–H and O–H groups in total. The first-order valence-corrected chi connectivity index (χ1v) is 9.95. The van der Waals surface area contributed by atoms with Crippen LogP contribution in [0.4, 0.5) is 18.9 Å². The second kappa shape index (κ2) is 9.44. The van der Waals surface area contributed by atoms with E-state index in [2.05, 4.69) is 10.3 Å². The van der Waals surface area contributed by atoms with Crippen LogP contribution < -0.4 is 19.5 Å². The Hall–Kier alpha value is -2.98. The fourth-order valence-corrected chi connectivity index (χ4v) is 3.62. The Morgan fingerprint density at radius 1 is 1.16 bits per heavy atom. The van der Waals surface area contributed by atoms with E-state index >= 15 is 0 Å². The number of nitrogens with zero attached hydrogens (tertiary/aromatic N) is 1. The first kappa shape index (κ1) is 22.7. The second-order valence-electron chi connectivity index (χ2n) is 6.08. The van der Waals surface area contributed by atoms with E-state index < -0.39 is 18.7 Å². The largest absolute Gasteiger partial charge is 0.493 e. The van der Waals surface area contributed by atoms with Gasteiger partial charge < -0.3 is 19.5 Å². The molecular weight excluding hydrogens is 457 g/mol. The summed E-state index contributed by atoms with van der Waals surface area (Å²) in [6, 6.07) is 9.15. The van der Waals surface area contributed by atoms with Gasteiger partial charge in [-0.3, -0.25) is 4.79 Å². The number of carbonyl (C=O) groups excluding carboxylic acids is 1. The molecule has 1 aromatic heterocycles. The number of amides is 1. The molecule has 0 unspecified atom stereocenters. The normalized spacial score (nSPS) is 11.2. The average molecular weight is 473 g/mol. The molecule has 6 nitrogen and oxygen atoms in total. The zero-order chi connectivity index (χ0) is 22.6. The van der Waals surface area contributed by atoms with Crippen LogP contribution in [-0.2, 0) is 0 Å². The summed E-state index contributed by atoms with van der Waals surface area (Å²) in [5, 5.41) is 4.73. The minimum atomic E-state index is -4.53. The highest BCUT2D eigenvalue weighted by atomic mass is 35.5. The van der Waals surface area contributed by atoms with Crippen molar-refractivity contribution in [1.29, 1.82) is 0 Å². The summed E-state index contributed by atoms with van der Waals surface area (Å²) in [5.41, 5.74) is 0.685. The smallest absolute Gasteiger partial charge is 0.422 e. The van der Waals surface area contributed by atoms with Crippen molar-refractivity contribution in [3.8, 4) is 27.8 Å². The SMILES string of the molecule is COc1cccc(-c2nc(C(=O)Nc3cc(Cl)ccc3OCC(F)(F)F)cs2)c1OC. The Bertz CT molecular complexity index is 1090. The third kappa shape index (κ3) is 5.59. The van der Waals surface area contributed by atoms with Gasteiger partial charge >= 0.3 is 6.18 Å². The van der Waals surface area contributed by atoms with Crippen LogP contribution in [0.2, 0.25) is 5.02 Å². The summed E-state index contributed by atoms with van der Waals surface area (Å²) in [6.07, 6.45) is -4.53. The predicted octanol–water partition coefficient (Wildman–Crippen LogP) is 5.67. The number of aromatic nitrogens is 1. The highest BCUT2D eigenvalue weighted by Crippen LogP contribution is 2.39. The van der Waals surface area contributed by atoms with Crippen LogP contribution in [0.1, 0.15) is 10.5 Å². The van der Waals surface area contributed by atoms with Gasteiger partial charge in [-0.05, 0) is 30.3 Å². The maximum atomic E-state index is 12.7. The minimum Gasteiger partial charge on any atom is -0.493 e. The summed E-state index contributed by atoms with van der Waals surface area (Å²) < 4.78 is 52.9. The van der Waals surface area contributed by atoms with E-state index in [9.17, 15) is 18.0 Å². The molecule has 0 aliphatic carbocycles. The summed E-state index contributed by atoms with van der Waals surface area (Å²) in [7, 11) is 3.00. The number of benzene rings is 2. The van der Waals surface area contributed by atoms with E-state index in [0.29, 0.717) is 22.1 Å². The number of hydrogen-bond donors (Lipinski definition) is 1. The lowest BCUT2D eigenvalue weighted by Crippen LogP contribution is -2.20. The van der Waals surface area contributed by atoms with Crippen LogP contribution in [0.3, 0.4) is 0 Å². The van der Waals surface area contributed by atoms with Crippen LogP contribution in [-0.4, -0.2) is 37.9 Å². The number of para-hydroxylation sites is 1. The standard InChI is InChI=1S/C20H16ClF3N2O4S/c1-28-16-5-3-4-12(17(16)29-2)19-26-14(9-31-19)18(27)25-13-8-11(21)6-7-15(13)30-10-20(22,23)24/h3-9H,10H2,1-2H3,(H,25,27). The number of hydrogen-bond acceptors (Lipinski definition) is 6. The van der Waals surface area contributed by atoms with E-state index in [1.165, 1.54) is 49.1 Å². The molecule has 3 rings (SSSR count). The number of alkyl halides is 3. The van der Waals surface area contributed by atoms with Gasteiger partial charge in [0.15, 0.2) is 18.1 Å². The lowest BCUT2D eigenvalue weighted by atomic mass is 10.2. The van der Waals surface area contributed by atoms with E-state index in [0.717, 1.165) is 0 Å². The lowest BCUT2D eigenvalue weighted by Gasteiger charge is -2.14. The number of thiazole rings is 1. The van der Waals surface area contributed by atoms with Gasteiger partial charge in [-0.1, -0.05) is 17.7 Å². The number of carbonyl (C=O) groups is 1. The van der Waals surface area contributed by atoms with Crippen LogP contribution in [0, 0.1) is 0 Å². The van der Waals surface area contributed by atoms with Gasteiger partial charge in [0.1, 0.15) is 16.5 Å². The van der Waals surface area contributed by atoms with Crippen molar-refractivity contribution in [2.24, 2.45) is 0 Å². The molecule has 164 valence electrons. The lowest BCUT2D eigenvalue weighted by molar-refractivity contribution is -0.153. The summed E-state index contributed by atoms with van der Waals surface area (Å²) in [4.78, 5) is 17.0. The monoisotopic (exact) mass is 472 g/mol. The summed E-state index contributed by atoms with van der Waals surface area (Å²) in [5.74, 6) is 0.166. The molecule has 1 amide bonds. The highest BCUT2D eigenvalue weighted by molar-refractivity contribution is 7.13. The predicted molar refractivity (Wildman–Crippen MR) is 112 cm³/mol. The van der Waals surface area contributed by atoms with Crippen molar-refractivity contribution >= 4 is 34.5 Å². The number of halogens is 4. The first-order valence-electron chi connectivity index (χ1n) is 8.69. The van der Waals surface area contributed by atoms with Crippen molar-refractivity contribution in [3.63, 3.8) is 0 Å². The number of methoxy groups -OCH3 is 2. The fourth-order valence-electron chi connectivity index (χ4n) is 2.63. The maximum Gasteiger partial charge on any atom is 0.422 e. The van der Waals surface area contributed by atoms with E-state index in [1.807, 2.05) is 0 Å². The van der Waals surface area contributed by atoms with Crippen molar-refractivity contribution in [3.05, 3.63) is 52.5 Å². The molecule has 2 aromatic carbocycles. The summed E-state index contributed by atoms with van der Waals surface area (Å²) in [6.45, 7) is -1.51. The minimum absolute atomic E-state index is 0.00439. The van der Waals surface area contributed by atoms with Gasteiger partial charge in [-0.15, -0.1) is 11.3 Å². The molecule has 0 spiro atoms. The van der Waals surface area contributed by atoms with Gasteiger partial charge in [-0.2, -0.15) is 13.2 Å². The second-order valence-corrected chi connectivity index (χ2v) is 7.37. The Kier molecular flexibility index (Phi) is 6.91. The fraction of sp³-hybridized carbons (Fsp3) is 0.200. The molecule has 11 heteroatoms.